The Morgan fingerprint density at radius 1 is 1.25 bits per heavy atom. The van der Waals surface area contributed by atoms with Crippen molar-refractivity contribution in [3.8, 4) is 11.9 Å². The smallest absolute Gasteiger partial charge is 0.545 e. The Bertz CT molecular complexity index is 1100. The number of nitriles is 1. The van der Waals surface area contributed by atoms with Gasteiger partial charge in [-0.25, -0.2) is 4.39 Å². The number of carboxylic acids is 1. The normalized spacial score (nSPS) is 9.89. The predicted molar refractivity (Wildman–Crippen MR) is 92.5 cm³/mol. The molecule has 8 nitrogen and oxygen atoms in total. The zero-order valence-electron chi connectivity index (χ0n) is 14.3. The van der Waals surface area contributed by atoms with Gasteiger partial charge in [0.15, 0.2) is 11.5 Å². The Morgan fingerprint density at radius 3 is 2.57 bits per heavy atom. The number of benzene rings is 1. The summed E-state index contributed by atoms with van der Waals surface area (Å²) in [5.41, 5.74) is -0.335. The van der Waals surface area contributed by atoms with Crippen LogP contribution in [0.25, 0.3) is 5.82 Å². The molecule has 0 fully saturated rings. The number of carbonyl (C=O) groups excluding carboxylic acids is 2. The van der Waals surface area contributed by atoms with Gasteiger partial charge in [0.2, 0.25) is 0 Å². The molecule has 0 saturated carbocycles. The van der Waals surface area contributed by atoms with Gasteiger partial charge in [-0.1, -0.05) is 0 Å². The zero-order valence-corrected chi connectivity index (χ0v) is 15.9. The van der Waals surface area contributed by atoms with Gasteiger partial charge in [-0.2, -0.15) is 5.26 Å². The molecular weight excluding hydrogens is 428 g/mol. The van der Waals surface area contributed by atoms with E-state index in [1.807, 2.05) is 6.07 Å². The van der Waals surface area contributed by atoms with E-state index in [1.54, 1.807) is 23.0 Å². The Morgan fingerprint density at radius 2 is 2.00 bits per heavy atom. The molecule has 0 radical (unpaired) electrons. The molecule has 2 heterocycles. The van der Waals surface area contributed by atoms with Gasteiger partial charge in [0.05, 0.1) is 21.7 Å². The SMILES string of the molecule is N#Cc1ccn(-c2ccc(C(=O)Nc3cc(F)c(Br)cc3C(=O)[O-])nn2)c1.[Li+]. The summed E-state index contributed by atoms with van der Waals surface area (Å²) in [6, 6.07) is 8.27. The summed E-state index contributed by atoms with van der Waals surface area (Å²) < 4.78 is 15.2. The molecular formula is C17H8BrFLiN5O3. The zero-order chi connectivity index (χ0) is 19.6. The van der Waals surface area contributed by atoms with Gasteiger partial charge in [0.1, 0.15) is 11.9 Å². The molecule has 0 aliphatic carbocycles. The minimum absolute atomic E-state index is 0. The van der Waals surface area contributed by atoms with Crippen molar-refractivity contribution >= 4 is 33.5 Å². The van der Waals surface area contributed by atoms with Crippen LogP contribution in [0.5, 0.6) is 0 Å². The van der Waals surface area contributed by atoms with E-state index >= 15 is 0 Å². The molecule has 134 valence electrons. The Hall–Kier alpha value is -2.98. The summed E-state index contributed by atoms with van der Waals surface area (Å²) in [5.74, 6) is -2.73. The summed E-state index contributed by atoms with van der Waals surface area (Å²) >= 11 is 2.87. The van der Waals surface area contributed by atoms with Gasteiger partial charge in [-0.3, -0.25) is 4.79 Å². The van der Waals surface area contributed by atoms with Crippen molar-refractivity contribution < 1.29 is 37.9 Å². The number of rotatable bonds is 4. The number of aromatic carboxylic acids is 1. The predicted octanol–water partition coefficient (Wildman–Crippen LogP) is -1.34. The molecule has 0 saturated heterocycles. The van der Waals surface area contributed by atoms with Gasteiger partial charge in [0.25, 0.3) is 5.91 Å². The van der Waals surface area contributed by atoms with Crippen molar-refractivity contribution in [2.45, 2.75) is 0 Å². The third-order valence-corrected chi connectivity index (χ3v) is 4.11. The number of carbonyl (C=O) groups is 2. The van der Waals surface area contributed by atoms with Crippen LogP contribution in [0.4, 0.5) is 10.1 Å². The minimum Gasteiger partial charge on any atom is -0.545 e. The number of halogens is 2. The second kappa shape index (κ2) is 8.80. The summed E-state index contributed by atoms with van der Waals surface area (Å²) in [7, 11) is 0. The quantitative estimate of drug-likeness (QED) is 0.506. The van der Waals surface area contributed by atoms with Crippen molar-refractivity contribution in [3.05, 3.63) is 69.8 Å². The number of aromatic nitrogens is 3. The first-order valence-electron chi connectivity index (χ1n) is 7.33. The van der Waals surface area contributed by atoms with Crippen molar-refractivity contribution in [2.24, 2.45) is 0 Å². The van der Waals surface area contributed by atoms with Crippen LogP contribution in [0.3, 0.4) is 0 Å². The molecule has 0 bridgehead atoms. The molecule has 3 aromatic rings. The minimum atomic E-state index is -1.58. The van der Waals surface area contributed by atoms with Crippen LogP contribution in [0.1, 0.15) is 26.4 Å². The number of hydrogen-bond acceptors (Lipinski definition) is 6. The van der Waals surface area contributed by atoms with E-state index in [1.165, 1.54) is 12.1 Å². The second-order valence-corrected chi connectivity index (χ2v) is 6.10. The molecule has 0 aliphatic rings. The summed E-state index contributed by atoms with van der Waals surface area (Å²) in [5, 5.41) is 29.9. The van der Waals surface area contributed by atoms with E-state index in [0.717, 1.165) is 12.1 Å². The maximum atomic E-state index is 13.7. The first-order valence-corrected chi connectivity index (χ1v) is 8.12. The molecule has 0 aliphatic heterocycles. The first kappa shape index (κ1) is 21.3. The molecule has 1 amide bonds. The largest absolute Gasteiger partial charge is 1.00 e. The maximum Gasteiger partial charge on any atom is 1.00 e. The third kappa shape index (κ3) is 4.46. The molecule has 0 unspecified atom stereocenters. The van der Waals surface area contributed by atoms with Gasteiger partial charge >= 0.3 is 18.9 Å². The van der Waals surface area contributed by atoms with E-state index in [2.05, 4.69) is 31.4 Å². The average Bonchev–Trinajstić information content (AvgIpc) is 3.13. The molecule has 1 aromatic carbocycles. The van der Waals surface area contributed by atoms with Crippen molar-refractivity contribution in [2.75, 3.05) is 5.32 Å². The molecule has 3 rings (SSSR count). The van der Waals surface area contributed by atoms with Gasteiger partial charge in [0, 0.05) is 18.0 Å². The van der Waals surface area contributed by atoms with E-state index in [4.69, 9.17) is 5.26 Å². The van der Waals surface area contributed by atoms with Crippen LogP contribution < -0.4 is 29.3 Å². The van der Waals surface area contributed by atoms with Crippen LogP contribution in [0.2, 0.25) is 0 Å². The third-order valence-electron chi connectivity index (χ3n) is 3.50. The summed E-state index contributed by atoms with van der Waals surface area (Å²) in [6.07, 6.45) is 3.15. The number of hydrogen-bond donors (Lipinski definition) is 1. The van der Waals surface area contributed by atoms with Crippen LogP contribution in [-0.2, 0) is 0 Å². The topological polar surface area (TPSA) is 124 Å². The van der Waals surface area contributed by atoms with E-state index in [-0.39, 0.29) is 34.7 Å². The molecule has 2 aromatic heterocycles. The van der Waals surface area contributed by atoms with Crippen LogP contribution in [-0.4, -0.2) is 26.6 Å². The Kier molecular flexibility index (Phi) is 6.70. The van der Waals surface area contributed by atoms with Crippen LogP contribution >= 0.6 is 15.9 Å². The number of anilines is 1. The fraction of sp³-hybridized carbons (Fsp3) is 0. The van der Waals surface area contributed by atoms with Gasteiger partial charge in [-0.05, 0) is 46.3 Å². The van der Waals surface area contributed by atoms with Gasteiger partial charge < -0.3 is 19.8 Å². The van der Waals surface area contributed by atoms with E-state index in [9.17, 15) is 19.1 Å². The van der Waals surface area contributed by atoms with Gasteiger partial charge in [-0.15, -0.1) is 10.2 Å². The molecule has 0 atom stereocenters. The Labute approximate surface area is 178 Å². The fourth-order valence-corrected chi connectivity index (χ4v) is 2.54. The molecule has 0 spiro atoms. The summed E-state index contributed by atoms with van der Waals surface area (Å²) in [6.45, 7) is 0. The van der Waals surface area contributed by atoms with Crippen molar-refractivity contribution in [1.82, 2.24) is 14.8 Å². The monoisotopic (exact) mass is 435 g/mol. The Balaban J connectivity index is 0.00000280. The van der Waals surface area contributed by atoms with E-state index in [0.29, 0.717) is 11.4 Å². The van der Waals surface area contributed by atoms with Crippen LogP contribution in [0, 0.1) is 17.1 Å². The first-order chi connectivity index (χ1) is 12.9. The van der Waals surface area contributed by atoms with E-state index < -0.39 is 23.3 Å². The average molecular weight is 436 g/mol. The number of nitrogens with zero attached hydrogens (tertiary/aromatic N) is 4. The fourth-order valence-electron chi connectivity index (χ4n) is 2.19. The number of nitrogens with one attached hydrogen (secondary N) is 1. The molecule has 11 heteroatoms. The van der Waals surface area contributed by atoms with Crippen molar-refractivity contribution in [3.63, 3.8) is 0 Å². The van der Waals surface area contributed by atoms with Crippen LogP contribution in [0.15, 0.2) is 47.2 Å². The maximum absolute atomic E-state index is 13.7. The molecule has 28 heavy (non-hydrogen) atoms. The standard InChI is InChI=1S/C17H9BrFN5O3.Li/c18-11-5-10(17(26)27)14(6-12(11)19)21-16(25)13-1-2-15(23-22-13)24-4-3-9(7-20)8-24;/h1-6,8H,(H,21,25)(H,26,27);/q;+1/p-1. The van der Waals surface area contributed by atoms with Crippen molar-refractivity contribution in [1.29, 1.82) is 5.26 Å². The number of carboxylic acid groups (broad SMARTS) is 1. The summed E-state index contributed by atoms with van der Waals surface area (Å²) in [4.78, 5) is 23.4. The molecule has 1 N–H and O–H groups in total. The second-order valence-electron chi connectivity index (χ2n) is 5.25. The number of amides is 1.